The van der Waals surface area contributed by atoms with Gasteiger partial charge in [0.1, 0.15) is 0 Å². The zero-order valence-corrected chi connectivity index (χ0v) is 12.5. The number of rotatable bonds is 2. The lowest BCUT2D eigenvalue weighted by Gasteiger charge is -2.29. The van der Waals surface area contributed by atoms with Crippen LogP contribution < -0.4 is 0 Å². The van der Waals surface area contributed by atoms with E-state index in [-0.39, 0.29) is 5.91 Å². The van der Waals surface area contributed by atoms with E-state index in [1.807, 2.05) is 13.0 Å². The second-order valence-electron chi connectivity index (χ2n) is 5.52. The van der Waals surface area contributed by atoms with Gasteiger partial charge in [0.2, 0.25) is 0 Å². The highest BCUT2D eigenvalue weighted by Gasteiger charge is 2.26. The van der Waals surface area contributed by atoms with Gasteiger partial charge in [-0.25, -0.2) is 4.79 Å². The maximum atomic E-state index is 12.5. The Morgan fingerprint density at radius 1 is 1.32 bits per heavy atom. The number of nitrogens with zero attached hydrogens (tertiary/aromatic N) is 3. The van der Waals surface area contributed by atoms with Gasteiger partial charge in [0.05, 0.1) is 5.56 Å². The highest BCUT2D eigenvalue weighted by atomic mass is 16.4. The van der Waals surface area contributed by atoms with Gasteiger partial charge in [0, 0.05) is 25.8 Å². The topological polar surface area (TPSA) is 75.4 Å². The summed E-state index contributed by atoms with van der Waals surface area (Å²) in [5.41, 5.74) is 3.41. The van der Waals surface area contributed by atoms with Gasteiger partial charge in [-0.1, -0.05) is 12.1 Å². The minimum absolute atomic E-state index is 0.116. The van der Waals surface area contributed by atoms with E-state index in [1.165, 1.54) is 0 Å². The third kappa shape index (κ3) is 2.36. The van der Waals surface area contributed by atoms with Crippen LogP contribution in [0.15, 0.2) is 24.3 Å². The highest BCUT2D eigenvalue weighted by Crippen LogP contribution is 2.23. The van der Waals surface area contributed by atoms with Crippen LogP contribution in [0.5, 0.6) is 0 Å². The molecule has 2 heterocycles. The Morgan fingerprint density at radius 3 is 2.73 bits per heavy atom. The molecule has 2 aromatic rings. The van der Waals surface area contributed by atoms with Gasteiger partial charge in [-0.05, 0) is 36.6 Å². The lowest BCUT2D eigenvalue weighted by Crippen LogP contribution is -2.36. The quantitative estimate of drug-likeness (QED) is 0.914. The summed E-state index contributed by atoms with van der Waals surface area (Å²) < 4.78 is 1.67. The molecular formula is C16H17N3O3. The fraction of sp³-hybridized carbons (Fsp3) is 0.312. The minimum Gasteiger partial charge on any atom is -0.478 e. The lowest BCUT2D eigenvalue weighted by atomic mass is 9.94. The molecule has 114 valence electrons. The molecule has 1 aromatic heterocycles. The van der Waals surface area contributed by atoms with Crippen molar-refractivity contribution >= 4 is 11.9 Å². The summed E-state index contributed by atoms with van der Waals surface area (Å²) in [5.74, 6) is -1.04. The van der Waals surface area contributed by atoms with Crippen molar-refractivity contribution in [2.24, 2.45) is 7.05 Å². The Bertz CT molecular complexity index is 744. The molecule has 0 aliphatic carbocycles. The first kappa shape index (κ1) is 14.3. The molecule has 6 nitrogen and oxygen atoms in total. The van der Waals surface area contributed by atoms with Crippen LogP contribution in [0, 0.1) is 6.92 Å². The molecule has 0 spiro atoms. The highest BCUT2D eigenvalue weighted by molar-refractivity contribution is 5.93. The lowest BCUT2D eigenvalue weighted by molar-refractivity contribution is 0.0694. The Hall–Kier alpha value is -2.63. The molecule has 3 rings (SSSR count). The first-order valence-corrected chi connectivity index (χ1v) is 7.11. The molecule has 0 unspecified atom stereocenters. The second-order valence-corrected chi connectivity index (χ2v) is 5.52. The summed E-state index contributed by atoms with van der Waals surface area (Å²) in [4.78, 5) is 25.5. The van der Waals surface area contributed by atoms with E-state index in [2.05, 4.69) is 5.10 Å². The summed E-state index contributed by atoms with van der Waals surface area (Å²) >= 11 is 0. The monoisotopic (exact) mass is 299 g/mol. The first-order valence-electron chi connectivity index (χ1n) is 7.11. The number of fused-ring (bicyclic) bond motifs is 1. The fourth-order valence-corrected chi connectivity index (χ4v) is 2.81. The molecule has 1 aliphatic heterocycles. The largest absolute Gasteiger partial charge is 0.478 e. The average molecular weight is 299 g/mol. The van der Waals surface area contributed by atoms with Gasteiger partial charge in [-0.3, -0.25) is 9.48 Å². The van der Waals surface area contributed by atoms with E-state index in [1.54, 1.807) is 34.8 Å². The third-order valence-electron chi connectivity index (χ3n) is 4.12. The van der Waals surface area contributed by atoms with Gasteiger partial charge in [0.15, 0.2) is 5.69 Å². The van der Waals surface area contributed by atoms with E-state index in [4.69, 9.17) is 0 Å². The number of carboxylic acid groups (broad SMARTS) is 1. The number of carbonyl (C=O) groups excluding carboxylic acids is 1. The maximum absolute atomic E-state index is 12.5. The summed E-state index contributed by atoms with van der Waals surface area (Å²) in [5, 5.41) is 13.5. The number of aryl methyl sites for hydroxylation is 2. The molecule has 0 atom stereocenters. The van der Waals surface area contributed by atoms with Gasteiger partial charge >= 0.3 is 5.97 Å². The molecule has 0 fully saturated rings. The van der Waals surface area contributed by atoms with Gasteiger partial charge in [-0.2, -0.15) is 5.10 Å². The molecule has 0 saturated heterocycles. The van der Waals surface area contributed by atoms with E-state index in [0.717, 1.165) is 16.8 Å². The molecule has 1 N–H and O–H groups in total. The van der Waals surface area contributed by atoms with Crippen molar-refractivity contribution in [2.75, 3.05) is 6.54 Å². The van der Waals surface area contributed by atoms with E-state index < -0.39 is 5.97 Å². The zero-order chi connectivity index (χ0) is 15.9. The number of hydrogen-bond donors (Lipinski definition) is 1. The number of hydrogen-bond acceptors (Lipinski definition) is 3. The van der Waals surface area contributed by atoms with Crippen molar-refractivity contribution in [3.05, 3.63) is 52.3 Å². The van der Waals surface area contributed by atoms with Crippen LogP contribution in [0.25, 0.3) is 0 Å². The van der Waals surface area contributed by atoms with Crippen LogP contribution in [-0.2, 0) is 20.0 Å². The first-order chi connectivity index (χ1) is 10.5. The molecule has 22 heavy (non-hydrogen) atoms. The summed E-state index contributed by atoms with van der Waals surface area (Å²) in [6, 6.07) is 6.98. The summed E-state index contributed by atoms with van der Waals surface area (Å²) in [7, 11) is 1.80. The Morgan fingerprint density at radius 2 is 2.09 bits per heavy atom. The molecule has 1 aromatic carbocycles. The van der Waals surface area contributed by atoms with Crippen LogP contribution >= 0.6 is 0 Å². The SMILES string of the molecule is Cc1cc(C(=O)N2CCc3c(cccc3C(=O)O)C2)nn1C. The number of aromatic carboxylic acids is 1. The van der Waals surface area contributed by atoms with Crippen molar-refractivity contribution in [1.82, 2.24) is 14.7 Å². The maximum Gasteiger partial charge on any atom is 0.335 e. The smallest absolute Gasteiger partial charge is 0.335 e. The zero-order valence-electron chi connectivity index (χ0n) is 12.5. The molecule has 1 amide bonds. The average Bonchev–Trinajstić information content (AvgIpc) is 2.84. The molecular weight excluding hydrogens is 282 g/mol. The number of amides is 1. The number of aromatic nitrogens is 2. The van der Waals surface area contributed by atoms with Crippen LogP contribution in [-0.4, -0.2) is 38.2 Å². The van der Waals surface area contributed by atoms with Crippen LogP contribution in [0.3, 0.4) is 0 Å². The van der Waals surface area contributed by atoms with Crippen molar-refractivity contribution in [3.8, 4) is 0 Å². The summed E-state index contributed by atoms with van der Waals surface area (Å²) in [6.07, 6.45) is 0.551. The van der Waals surface area contributed by atoms with E-state index in [0.29, 0.717) is 30.8 Å². The second kappa shape index (κ2) is 5.29. The van der Waals surface area contributed by atoms with Crippen LogP contribution in [0.2, 0.25) is 0 Å². The summed E-state index contributed by atoms with van der Waals surface area (Å²) in [6.45, 7) is 2.82. The van der Waals surface area contributed by atoms with Crippen molar-refractivity contribution in [3.63, 3.8) is 0 Å². The molecule has 1 aliphatic rings. The standard InChI is InChI=1S/C16H17N3O3/c1-10-8-14(17-18(10)2)15(20)19-7-6-12-11(9-19)4-3-5-13(12)16(21)22/h3-5,8H,6-7,9H2,1-2H3,(H,21,22). The Balaban J connectivity index is 1.87. The molecule has 0 saturated carbocycles. The van der Waals surface area contributed by atoms with E-state index in [9.17, 15) is 14.7 Å². The van der Waals surface area contributed by atoms with Gasteiger partial charge in [-0.15, -0.1) is 0 Å². The third-order valence-corrected chi connectivity index (χ3v) is 4.12. The molecule has 0 radical (unpaired) electrons. The molecule has 6 heteroatoms. The number of benzene rings is 1. The van der Waals surface area contributed by atoms with Crippen molar-refractivity contribution in [1.29, 1.82) is 0 Å². The van der Waals surface area contributed by atoms with E-state index >= 15 is 0 Å². The van der Waals surface area contributed by atoms with Gasteiger partial charge in [0.25, 0.3) is 5.91 Å². The van der Waals surface area contributed by atoms with Crippen molar-refractivity contribution in [2.45, 2.75) is 19.9 Å². The Kier molecular flexibility index (Phi) is 3.44. The van der Waals surface area contributed by atoms with Crippen LogP contribution in [0.1, 0.15) is 37.7 Å². The Labute approximate surface area is 128 Å². The predicted molar refractivity (Wildman–Crippen MR) is 79.8 cm³/mol. The number of carbonyl (C=O) groups is 2. The van der Waals surface area contributed by atoms with Crippen molar-refractivity contribution < 1.29 is 14.7 Å². The normalized spacial score (nSPS) is 13.8. The minimum atomic E-state index is -0.919. The predicted octanol–water partition coefficient (Wildman–Crippen LogP) is 1.63. The fourth-order valence-electron chi connectivity index (χ4n) is 2.81. The number of carboxylic acids is 1. The van der Waals surface area contributed by atoms with Crippen LogP contribution in [0.4, 0.5) is 0 Å². The molecule has 0 bridgehead atoms. The van der Waals surface area contributed by atoms with Gasteiger partial charge < -0.3 is 10.0 Å².